The number of methoxy groups -OCH3 is 1. The number of aryl methyl sites for hydroxylation is 1. The van der Waals surface area contributed by atoms with Gasteiger partial charge in [0.1, 0.15) is 4.88 Å². The number of anilines is 1. The van der Waals surface area contributed by atoms with Gasteiger partial charge in [0.25, 0.3) is 0 Å². The number of hydrogen-bond acceptors (Lipinski definition) is 4. The molecule has 0 atom stereocenters. The summed E-state index contributed by atoms with van der Waals surface area (Å²) in [4.78, 5) is 13.0. The molecule has 2 rings (SSSR count). The summed E-state index contributed by atoms with van der Waals surface area (Å²) in [6, 6.07) is 7.94. The summed E-state index contributed by atoms with van der Waals surface area (Å²) in [6.45, 7) is 4.13. The topological polar surface area (TPSA) is 52.3 Å². The van der Waals surface area contributed by atoms with Crippen LogP contribution in [0, 0.1) is 13.8 Å². The van der Waals surface area contributed by atoms with Gasteiger partial charge in [-0.15, -0.1) is 11.3 Å². The maximum absolute atomic E-state index is 11.5. The highest BCUT2D eigenvalue weighted by molar-refractivity contribution is 7.18. The molecule has 0 bridgehead atoms. The lowest BCUT2D eigenvalue weighted by molar-refractivity contribution is 0.0607. The number of ether oxygens (including phenoxy) is 1. The van der Waals surface area contributed by atoms with Gasteiger partial charge in [-0.05, 0) is 36.6 Å². The van der Waals surface area contributed by atoms with Crippen molar-refractivity contribution in [2.45, 2.75) is 13.8 Å². The molecule has 18 heavy (non-hydrogen) atoms. The first-order valence-electron chi connectivity index (χ1n) is 5.58. The Bertz CT molecular complexity index is 602. The Hall–Kier alpha value is -1.81. The Labute approximate surface area is 110 Å². The Kier molecular flexibility index (Phi) is 3.39. The predicted molar refractivity (Wildman–Crippen MR) is 75.0 cm³/mol. The molecular formula is C14H15NO2S. The molecule has 94 valence electrons. The molecule has 0 spiro atoms. The van der Waals surface area contributed by atoms with Crippen LogP contribution in [-0.4, -0.2) is 13.1 Å². The van der Waals surface area contributed by atoms with Gasteiger partial charge in [-0.1, -0.05) is 18.2 Å². The van der Waals surface area contributed by atoms with Crippen LogP contribution in [0.1, 0.15) is 20.8 Å². The van der Waals surface area contributed by atoms with Crippen molar-refractivity contribution in [3.05, 3.63) is 40.3 Å². The Balaban J connectivity index is 2.53. The summed E-state index contributed by atoms with van der Waals surface area (Å²) >= 11 is 1.37. The van der Waals surface area contributed by atoms with Crippen LogP contribution in [0.5, 0.6) is 0 Å². The molecule has 0 amide bonds. The molecule has 0 saturated heterocycles. The highest BCUT2D eigenvalue weighted by Crippen LogP contribution is 2.35. The molecule has 1 aromatic heterocycles. The van der Waals surface area contributed by atoms with Gasteiger partial charge >= 0.3 is 5.97 Å². The molecule has 2 aromatic rings. The van der Waals surface area contributed by atoms with E-state index in [1.165, 1.54) is 29.6 Å². The standard InChI is InChI=1S/C14H15NO2S/c1-8-5-4-6-10(9(8)2)12-7-11(15)13(18-12)14(16)17-3/h4-7H,15H2,1-3H3. The van der Waals surface area contributed by atoms with E-state index in [0.29, 0.717) is 10.6 Å². The van der Waals surface area contributed by atoms with Gasteiger partial charge in [0, 0.05) is 4.88 Å². The van der Waals surface area contributed by atoms with Crippen molar-refractivity contribution in [1.82, 2.24) is 0 Å². The van der Waals surface area contributed by atoms with Crippen molar-refractivity contribution >= 4 is 23.0 Å². The first kappa shape index (κ1) is 12.6. The zero-order valence-electron chi connectivity index (χ0n) is 10.6. The monoisotopic (exact) mass is 261 g/mol. The molecule has 0 aliphatic rings. The first-order chi connectivity index (χ1) is 8.54. The van der Waals surface area contributed by atoms with E-state index in [-0.39, 0.29) is 5.97 Å². The van der Waals surface area contributed by atoms with E-state index in [0.717, 1.165) is 10.4 Å². The SMILES string of the molecule is COC(=O)c1sc(-c2cccc(C)c2C)cc1N. The highest BCUT2D eigenvalue weighted by Gasteiger charge is 2.16. The van der Waals surface area contributed by atoms with E-state index in [4.69, 9.17) is 10.5 Å². The fourth-order valence-corrected chi connectivity index (χ4v) is 2.89. The second-order valence-electron chi connectivity index (χ2n) is 4.13. The van der Waals surface area contributed by atoms with Crippen LogP contribution in [-0.2, 0) is 4.74 Å². The van der Waals surface area contributed by atoms with Crippen LogP contribution in [0.4, 0.5) is 5.69 Å². The maximum atomic E-state index is 11.5. The summed E-state index contributed by atoms with van der Waals surface area (Å²) in [5.74, 6) is -0.381. The van der Waals surface area contributed by atoms with Crippen molar-refractivity contribution in [2.75, 3.05) is 12.8 Å². The van der Waals surface area contributed by atoms with Crippen LogP contribution < -0.4 is 5.73 Å². The fourth-order valence-electron chi connectivity index (χ4n) is 1.81. The van der Waals surface area contributed by atoms with Gasteiger partial charge in [-0.3, -0.25) is 0 Å². The minimum Gasteiger partial charge on any atom is -0.465 e. The van der Waals surface area contributed by atoms with Crippen LogP contribution in [0.25, 0.3) is 10.4 Å². The molecule has 0 fully saturated rings. The Morgan fingerprint density at radius 2 is 2.06 bits per heavy atom. The lowest BCUT2D eigenvalue weighted by atomic mass is 10.0. The molecule has 1 aromatic carbocycles. The summed E-state index contributed by atoms with van der Waals surface area (Å²) in [5.41, 5.74) is 9.87. The summed E-state index contributed by atoms with van der Waals surface area (Å²) in [7, 11) is 1.36. The Morgan fingerprint density at radius 1 is 1.33 bits per heavy atom. The second kappa shape index (κ2) is 4.82. The zero-order chi connectivity index (χ0) is 13.3. The number of esters is 1. The van der Waals surface area contributed by atoms with Crippen molar-refractivity contribution in [1.29, 1.82) is 0 Å². The third-order valence-corrected chi connectivity index (χ3v) is 4.17. The number of benzene rings is 1. The largest absolute Gasteiger partial charge is 0.465 e. The lowest BCUT2D eigenvalue weighted by Gasteiger charge is -2.05. The van der Waals surface area contributed by atoms with Gasteiger partial charge in [0.05, 0.1) is 12.8 Å². The van der Waals surface area contributed by atoms with E-state index in [1.807, 2.05) is 18.2 Å². The van der Waals surface area contributed by atoms with Crippen LogP contribution in [0.15, 0.2) is 24.3 Å². The van der Waals surface area contributed by atoms with E-state index >= 15 is 0 Å². The van der Waals surface area contributed by atoms with E-state index in [1.54, 1.807) is 0 Å². The van der Waals surface area contributed by atoms with E-state index in [2.05, 4.69) is 19.9 Å². The minimum absolute atomic E-state index is 0.381. The highest BCUT2D eigenvalue weighted by atomic mass is 32.1. The molecule has 4 heteroatoms. The van der Waals surface area contributed by atoms with Gasteiger partial charge in [0.15, 0.2) is 0 Å². The average Bonchev–Trinajstić information content (AvgIpc) is 2.73. The van der Waals surface area contributed by atoms with Crippen LogP contribution >= 0.6 is 11.3 Å². The smallest absolute Gasteiger partial charge is 0.350 e. The maximum Gasteiger partial charge on any atom is 0.350 e. The Morgan fingerprint density at radius 3 is 2.72 bits per heavy atom. The number of carbonyl (C=O) groups is 1. The second-order valence-corrected chi connectivity index (χ2v) is 5.19. The number of thiophene rings is 1. The molecular weight excluding hydrogens is 246 g/mol. The van der Waals surface area contributed by atoms with E-state index < -0.39 is 0 Å². The molecule has 0 unspecified atom stereocenters. The number of rotatable bonds is 2. The third-order valence-electron chi connectivity index (χ3n) is 3.00. The molecule has 1 heterocycles. The van der Waals surface area contributed by atoms with Crippen LogP contribution in [0.3, 0.4) is 0 Å². The predicted octanol–water partition coefficient (Wildman–Crippen LogP) is 3.40. The lowest BCUT2D eigenvalue weighted by Crippen LogP contribution is -2.00. The number of nitrogen functional groups attached to an aromatic ring is 1. The molecule has 0 saturated carbocycles. The molecule has 3 nitrogen and oxygen atoms in total. The number of hydrogen-bond donors (Lipinski definition) is 1. The summed E-state index contributed by atoms with van der Waals surface area (Å²) in [6.07, 6.45) is 0. The van der Waals surface area contributed by atoms with E-state index in [9.17, 15) is 4.79 Å². The molecule has 2 N–H and O–H groups in total. The van der Waals surface area contributed by atoms with Crippen molar-refractivity contribution in [3.63, 3.8) is 0 Å². The first-order valence-corrected chi connectivity index (χ1v) is 6.40. The minimum atomic E-state index is -0.381. The van der Waals surface area contributed by atoms with Crippen molar-refractivity contribution in [2.24, 2.45) is 0 Å². The van der Waals surface area contributed by atoms with Crippen LogP contribution in [0.2, 0.25) is 0 Å². The molecule has 0 aliphatic heterocycles. The molecule has 0 radical (unpaired) electrons. The summed E-state index contributed by atoms with van der Waals surface area (Å²) in [5, 5.41) is 0. The van der Waals surface area contributed by atoms with Crippen molar-refractivity contribution in [3.8, 4) is 10.4 Å². The van der Waals surface area contributed by atoms with Gasteiger partial charge in [-0.25, -0.2) is 4.79 Å². The number of nitrogens with two attached hydrogens (primary N) is 1. The third kappa shape index (κ3) is 2.11. The molecule has 0 aliphatic carbocycles. The quantitative estimate of drug-likeness (QED) is 0.843. The average molecular weight is 261 g/mol. The van der Waals surface area contributed by atoms with Crippen molar-refractivity contribution < 1.29 is 9.53 Å². The van der Waals surface area contributed by atoms with Gasteiger partial charge in [-0.2, -0.15) is 0 Å². The fraction of sp³-hybridized carbons (Fsp3) is 0.214. The zero-order valence-corrected chi connectivity index (χ0v) is 11.4. The van der Waals surface area contributed by atoms with Gasteiger partial charge < -0.3 is 10.5 Å². The normalized spacial score (nSPS) is 10.4. The van der Waals surface area contributed by atoms with Gasteiger partial charge in [0.2, 0.25) is 0 Å². The number of carbonyl (C=O) groups excluding carboxylic acids is 1. The summed E-state index contributed by atoms with van der Waals surface area (Å²) < 4.78 is 4.71.